The minimum atomic E-state index is -1.48. The fourth-order valence-electron chi connectivity index (χ4n) is 9.36. The Morgan fingerprint density at radius 2 is 1.12 bits per heavy atom. The molecule has 1 N–H and O–H groups in total. The first-order chi connectivity index (χ1) is 32.6. The third-order valence-corrected chi connectivity index (χ3v) is 12.7. The molecular formula is C54H57N9O3. The summed E-state index contributed by atoms with van der Waals surface area (Å²) in [5, 5.41) is 13.7. The van der Waals surface area contributed by atoms with Crippen molar-refractivity contribution in [2.24, 2.45) is 0 Å². The summed E-state index contributed by atoms with van der Waals surface area (Å²) in [6.07, 6.45) is 12.0. The predicted molar refractivity (Wildman–Crippen MR) is 265 cm³/mol. The molecule has 8 aromatic rings. The van der Waals surface area contributed by atoms with Crippen molar-refractivity contribution in [3.05, 3.63) is 187 Å². The first kappa shape index (κ1) is 43.9. The van der Waals surface area contributed by atoms with Gasteiger partial charge in [0.1, 0.15) is 17.1 Å². The molecule has 336 valence electrons. The molecule has 7 heterocycles. The van der Waals surface area contributed by atoms with Gasteiger partial charge in [-0.1, -0.05) is 66.7 Å². The van der Waals surface area contributed by atoms with Gasteiger partial charge in [0, 0.05) is 138 Å². The fraction of sp³-hybridized carbons (Fsp3) is 0.259. The van der Waals surface area contributed by atoms with Gasteiger partial charge in [0.2, 0.25) is 0 Å². The number of pyridine rings is 4. The third kappa shape index (κ3) is 9.28. The molecule has 0 spiro atoms. The first-order valence-electron chi connectivity index (χ1n) is 22.8. The van der Waals surface area contributed by atoms with E-state index in [0.29, 0.717) is 17.0 Å². The highest BCUT2D eigenvalue weighted by atomic mass is 16.5. The van der Waals surface area contributed by atoms with Gasteiger partial charge < -0.3 is 38.7 Å². The number of nitrogens with zero attached hydrogens (tertiary/aromatic N) is 9. The summed E-state index contributed by atoms with van der Waals surface area (Å²) in [4.78, 5) is 27.5. The van der Waals surface area contributed by atoms with E-state index >= 15 is 0 Å². The Kier molecular flexibility index (Phi) is 13.8. The lowest BCUT2D eigenvalue weighted by Crippen LogP contribution is -2.47. The SMILES string of the molecule is COCCCn1c(-c2ncccc2N2CCN(c3ccncc3)CC2)cc2ccccc21.COc1ccccc1C(O)(c1ccccc1)c1ncccc1N1CCN(c2ccncc2)CC1. The van der Waals surface area contributed by atoms with Crippen LogP contribution in [0.4, 0.5) is 22.7 Å². The summed E-state index contributed by atoms with van der Waals surface area (Å²) >= 11 is 0. The molecule has 2 aliphatic rings. The van der Waals surface area contributed by atoms with Crippen LogP contribution >= 0.6 is 0 Å². The molecule has 0 saturated carbocycles. The van der Waals surface area contributed by atoms with Crippen LogP contribution in [0, 0.1) is 0 Å². The average Bonchev–Trinajstić information content (AvgIpc) is 3.77. The monoisotopic (exact) mass is 879 g/mol. The lowest BCUT2D eigenvalue weighted by atomic mass is 9.81. The topological polar surface area (TPSA) is 108 Å². The molecule has 2 aliphatic heterocycles. The van der Waals surface area contributed by atoms with Crippen molar-refractivity contribution >= 4 is 33.7 Å². The number of benzene rings is 3. The molecule has 0 amide bonds. The van der Waals surface area contributed by atoms with Crippen molar-refractivity contribution in [1.29, 1.82) is 0 Å². The van der Waals surface area contributed by atoms with Crippen molar-refractivity contribution in [1.82, 2.24) is 24.5 Å². The van der Waals surface area contributed by atoms with Crippen molar-refractivity contribution in [3.63, 3.8) is 0 Å². The zero-order valence-corrected chi connectivity index (χ0v) is 37.7. The highest BCUT2D eigenvalue weighted by molar-refractivity contribution is 5.89. The average molecular weight is 880 g/mol. The lowest BCUT2D eigenvalue weighted by Gasteiger charge is -2.40. The van der Waals surface area contributed by atoms with Gasteiger partial charge >= 0.3 is 0 Å². The number of ether oxygens (including phenoxy) is 2. The minimum absolute atomic E-state index is 0.600. The van der Waals surface area contributed by atoms with Gasteiger partial charge in [-0.15, -0.1) is 0 Å². The van der Waals surface area contributed by atoms with E-state index in [9.17, 15) is 5.11 Å². The zero-order valence-electron chi connectivity index (χ0n) is 37.7. The lowest BCUT2D eigenvalue weighted by molar-refractivity contribution is 0.117. The predicted octanol–water partition coefficient (Wildman–Crippen LogP) is 8.56. The number of para-hydroxylation sites is 2. The van der Waals surface area contributed by atoms with Gasteiger partial charge in [-0.2, -0.15) is 0 Å². The van der Waals surface area contributed by atoms with Crippen LogP contribution in [-0.4, -0.2) is 103 Å². The number of anilines is 4. The summed E-state index contributed by atoms with van der Waals surface area (Å²) in [5.41, 5.74) is 8.56. The van der Waals surface area contributed by atoms with E-state index in [1.807, 2.05) is 116 Å². The van der Waals surface area contributed by atoms with Crippen molar-refractivity contribution in [3.8, 4) is 17.1 Å². The van der Waals surface area contributed by atoms with Crippen LogP contribution in [-0.2, 0) is 16.9 Å². The molecule has 12 heteroatoms. The summed E-state index contributed by atoms with van der Waals surface area (Å²) in [5.74, 6) is 0.618. The second kappa shape index (κ2) is 20.7. The number of rotatable bonds is 13. The normalized spacial score (nSPS) is 15.0. The van der Waals surface area contributed by atoms with Gasteiger partial charge in [-0.3, -0.25) is 19.9 Å². The quantitative estimate of drug-likeness (QED) is 0.113. The molecule has 5 aromatic heterocycles. The first-order valence-corrected chi connectivity index (χ1v) is 22.8. The molecule has 12 nitrogen and oxygen atoms in total. The van der Waals surface area contributed by atoms with Gasteiger partial charge in [-0.05, 0) is 78.7 Å². The van der Waals surface area contributed by atoms with Crippen molar-refractivity contribution in [2.45, 2.75) is 18.6 Å². The van der Waals surface area contributed by atoms with E-state index in [1.54, 1.807) is 20.4 Å². The number of aliphatic hydroxyl groups is 1. The summed E-state index contributed by atoms with van der Waals surface area (Å²) in [6, 6.07) is 44.7. The standard InChI is InChI=1S/C28H28N4O2.C26H29N5O/c1-34-26-12-6-5-10-24(26)28(33,22-8-3-2-4-9-22)27-25(11-7-15-30-27)32-20-18-31(19-21-32)23-13-16-29-17-14-23;1-32-19-5-14-31-23-7-3-2-6-21(23)20-25(31)26-24(8-4-11-28-26)30-17-15-29(16-18-30)22-9-12-27-13-10-22/h2-17,33H,18-21H2,1H3;2-4,6-13,20H,5,14-19H2,1H3. The van der Waals surface area contributed by atoms with E-state index in [2.05, 4.69) is 82.7 Å². The highest BCUT2D eigenvalue weighted by Crippen LogP contribution is 2.44. The van der Waals surface area contributed by atoms with Crippen LogP contribution in [0.2, 0.25) is 0 Å². The van der Waals surface area contributed by atoms with Gasteiger partial charge in [-0.25, -0.2) is 0 Å². The van der Waals surface area contributed by atoms with Crippen LogP contribution in [0.15, 0.2) is 171 Å². The Hall–Kier alpha value is -7.28. The maximum Gasteiger partial charge on any atom is 0.162 e. The van der Waals surface area contributed by atoms with E-state index in [1.165, 1.54) is 33.7 Å². The number of methoxy groups -OCH3 is 2. The number of piperazine rings is 2. The van der Waals surface area contributed by atoms with Crippen LogP contribution in [0.3, 0.4) is 0 Å². The molecular weight excluding hydrogens is 823 g/mol. The summed E-state index contributed by atoms with van der Waals surface area (Å²) in [6.45, 7) is 8.92. The Bertz CT molecular complexity index is 2780. The molecule has 1 atom stereocenters. The molecule has 0 aliphatic carbocycles. The molecule has 2 saturated heterocycles. The Morgan fingerprint density at radius 3 is 1.77 bits per heavy atom. The Labute approximate surface area is 387 Å². The molecule has 66 heavy (non-hydrogen) atoms. The Morgan fingerprint density at radius 1 is 0.561 bits per heavy atom. The molecule has 2 fully saturated rings. The number of aromatic nitrogens is 5. The van der Waals surface area contributed by atoms with E-state index < -0.39 is 5.60 Å². The van der Waals surface area contributed by atoms with Crippen molar-refractivity contribution < 1.29 is 14.6 Å². The largest absolute Gasteiger partial charge is 0.496 e. The number of hydrogen-bond acceptors (Lipinski definition) is 11. The molecule has 10 rings (SSSR count). The molecule has 1 unspecified atom stereocenters. The summed E-state index contributed by atoms with van der Waals surface area (Å²) in [7, 11) is 3.39. The summed E-state index contributed by atoms with van der Waals surface area (Å²) < 4.78 is 13.4. The molecule has 0 radical (unpaired) electrons. The third-order valence-electron chi connectivity index (χ3n) is 12.7. The smallest absolute Gasteiger partial charge is 0.162 e. The number of fused-ring (bicyclic) bond motifs is 1. The second-order valence-electron chi connectivity index (χ2n) is 16.5. The molecule has 0 bridgehead atoms. The Balaban J connectivity index is 0.000000166. The van der Waals surface area contributed by atoms with E-state index in [0.717, 1.165) is 88.9 Å². The van der Waals surface area contributed by atoms with Gasteiger partial charge in [0.15, 0.2) is 5.60 Å². The molecule has 3 aromatic carbocycles. The van der Waals surface area contributed by atoms with Gasteiger partial charge in [0.05, 0.1) is 24.2 Å². The van der Waals surface area contributed by atoms with Crippen LogP contribution < -0.4 is 24.3 Å². The number of aryl methyl sites for hydroxylation is 1. The number of hydrogen-bond donors (Lipinski definition) is 1. The van der Waals surface area contributed by atoms with Gasteiger partial charge in [0.25, 0.3) is 0 Å². The second-order valence-corrected chi connectivity index (χ2v) is 16.5. The van der Waals surface area contributed by atoms with E-state index in [4.69, 9.17) is 19.4 Å². The van der Waals surface area contributed by atoms with Crippen LogP contribution in [0.1, 0.15) is 23.2 Å². The van der Waals surface area contributed by atoms with Crippen molar-refractivity contribution in [2.75, 3.05) is 92.8 Å². The zero-order chi connectivity index (χ0) is 45.1. The maximum atomic E-state index is 12.5. The highest BCUT2D eigenvalue weighted by Gasteiger charge is 2.41. The van der Waals surface area contributed by atoms with Crippen LogP contribution in [0.5, 0.6) is 5.75 Å². The maximum absolute atomic E-state index is 12.5. The fourth-order valence-corrected chi connectivity index (χ4v) is 9.36. The minimum Gasteiger partial charge on any atom is -0.496 e. The van der Waals surface area contributed by atoms with E-state index in [-0.39, 0.29) is 0 Å². The van der Waals surface area contributed by atoms with Crippen LogP contribution in [0.25, 0.3) is 22.3 Å².